The average molecular weight is 330 g/mol. The second-order valence-corrected chi connectivity index (χ2v) is 5.33. The van der Waals surface area contributed by atoms with Crippen molar-refractivity contribution >= 4 is 11.9 Å². The lowest BCUT2D eigenvalue weighted by molar-refractivity contribution is 0.104. The smallest absolute Gasteiger partial charge is 0.203 e. The van der Waals surface area contributed by atoms with Crippen LogP contribution in [0.5, 0.6) is 17.2 Å². The van der Waals surface area contributed by atoms with Crippen molar-refractivity contribution in [2.75, 3.05) is 21.3 Å². The molecule has 6 nitrogen and oxygen atoms in total. The number of carbonyl (C=O) groups is 1. The highest BCUT2D eigenvalue weighted by Crippen LogP contribution is 2.38. The Balaban J connectivity index is 2.36. The van der Waals surface area contributed by atoms with E-state index in [2.05, 4.69) is 5.10 Å². The minimum Gasteiger partial charge on any atom is -0.493 e. The van der Waals surface area contributed by atoms with Gasteiger partial charge in [0, 0.05) is 12.7 Å². The molecule has 1 heterocycles. The maximum atomic E-state index is 12.5. The van der Waals surface area contributed by atoms with Crippen molar-refractivity contribution in [1.82, 2.24) is 9.78 Å². The number of carbonyl (C=O) groups excluding carboxylic acids is 1. The Kier molecular flexibility index (Phi) is 5.28. The number of aromatic nitrogens is 2. The van der Waals surface area contributed by atoms with Gasteiger partial charge in [-0.2, -0.15) is 5.10 Å². The van der Waals surface area contributed by atoms with E-state index in [4.69, 9.17) is 14.2 Å². The highest BCUT2D eigenvalue weighted by Gasteiger charge is 2.16. The van der Waals surface area contributed by atoms with Gasteiger partial charge in [0.05, 0.1) is 32.6 Å². The molecule has 0 aliphatic rings. The molecule has 1 aromatic carbocycles. The quantitative estimate of drug-likeness (QED) is 0.602. The summed E-state index contributed by atoms with van der Waals surface area (Å²) in [4.78, 5) is 12.5. The van der Waals surface area contributed by atoms with E-state index in [0.717, 1.165) is 17.0 Å². The molecule has 0 saturated carbocycles. The Morgan fingerprint density at radius 1 is 1.08 bits per heavy atom. The molecule has 6 heteroatoms. The number of benzene rings is 1. The van der Waals surface area contributed by atoms with Crippen LogP contribution in [-0.2, 0) is 7.05 Å². The number of hydrogen-bond donors (Lipinski definition) is 0. The van der Waals surface area contributed by atoms with Gasteiger partial charge < -0.3 is 14.2 Å². The van der Waals surface area contributed by atoms with Crippen LogP contribution in [0.15, 0.2) is 18.2 Å². The molecule has 0 spiro atoms. The number of hydrogen-bond acceptors (Lipinski definition) is 5. The number of ketones is 1. The number of nitrogens with zero attached hydrogens (tertiary/aromatic N) is 2. The second kappa shape index (κ2) is 7.21. The third-order valence-corrected chi connectivity index (χ3v) is 3.87. The first-order valence-corrected chi connectivity index (χ1v) is 7.45. The number of allylic oxidation sites excluding steroid dienone is 1. The predicted octanol–water partition coefficient (Wildman–Crippen LogP) is 2.96. The van der Waals surface area contributed by atoms with Gasteiger partial charge in [0.2, 0.25) is 5.75 Å². The van der Waals surface area contributed by atoms with E-state index < -0.39 is 0 Å². The van der Waals surface area contributed by atoms with E-state index in [1.54, 1.807) is 44.2 Å². The van der Waals surface area contributed by atoms with E-state index in [9.17, 15) is 4.79 Å². The highest BCUT2D eigenvalue weighted by atomic mass is 16.5. The zero-order valence-corrected chi connectivity index (χ0v) is 14.8. The van der Waals surface area contributed by atoms with Crippen LogP contribution in [0.4, 0.5) is 0 Å². The lowest BCUT2D eigenvalue weighted by Crippen LogP contribution is -2.00. The van der Waals surface area contributed by atoms with Crippen LogP contribution in [0, 0.1) is 13.8 Å². The first-order valence-electron chi connectivity index (χ1n) is 7.45. The van der Waals surface area contributed by atoms with E-state index in [1.807, 2.05) is 20.9 Å². The first kappa shape index (κ1) is 17.6. The average Bonchev–Trinajstić information content (AvgIpc) is 2.83. The van der Waals surface area contributed by atoms with Crippen LogP contribution in [0.25, 0.3) is 6.08 Å². The number of methoxy groups -OCH3 is 3. The molecule has 0 N–H and O–H groups in total. The van der Waals surface area contributed by atoms with Crippen molar-refractivity contribution < 1.29 is 19.0 Å². The maximum absolute atomic E-state index is 12.5. The Labute approximate surface area is 141 Å². The van der Waals surface area contributed by atoms with Crippen LogP contribution >= 0.6 is 0 Å². The molecule has 2 rings (SSSR count). The molecule has 0 amide bonds. The molecule has 0 aliphatic carbocycles. The summed E-state index contributed by atoms with van der Waals surface area (Å²) in [5, 5.41) is 4.27. The predicted molar refractivity (Wildman–Crippen MR) is 92.1 cm³/mol. The van der Waals surface area contributed by atoms with Crippen LogP contribution < -0.4 is 14.2 Å². The Bertz CT molecular complexity index is 766. The van der Waals surface area contributed by atoms with E-state index in [-0.39, 0.29) is 5.78 Å². The van der Waals surface area contributed by atoms with Crippen molar-refractivity contribution in [1.29, 1.82) is 0 Å². The molecule has 2 aromatic rings. The summed E-state index contributed by atoms with van der Waals surface area (Å²) in [6.07, 6.45) is 3.25. The highest BCUT2D eigenvalue weighted by molar-refractivity contribution is 6.08. The minimum atomic E-state index is -0.0909. The number of aryl methyl sites for hydroxylation is 2. The molecular weight excluding hydrogens is 308 g/mol. The molecule has 0 radical (unpaired) electrons. The molecule has 0 aliphatic heterocycles. The molecule has 1 aromatic heterocycles. The summed E-state index contributed by atoms with van der Waals surface area (Å²) < 4.78 is 17.6. The lowest BCUT2D eigenvalue weighted by atomic mass is 10.1. The fourth-order valence-corrected chi connectivity index (χ4v) is 2.58. The van der Waals surface area contributed by atoms with Gasteiger partial charge in [-0.05, 0) is 37.6 Å². The summed E-state index contributed by atoms with van der Waals surface area (Å²) in [5.41, 5.74) is 2.96. The zero-order chi connectivity index (χ0) is 17.9. The number of rotatable bonds is 6. The summed E-state index contributed by atoms with van der Waals surface area (Å²) in [6, 6.07) is 3.57. The standard InChI is InChI=1S/C18H22N2O4/c1-11-17(12(2)20(3)19-11)14(21)8-7-13-9-15(22-4)18(24-6)16(10-13)23-5/h7-10H,1-6H3. The van der Waals surface area contributed by atoms with Gasteiger partial charge in [-0.25, -0.2) is 0 Å². The van der Waals surface area contributed by atoms with Gasteiger partial charge in [-0.15, -0.1) is 0 Å². The zero-order valence-electron chi connectivity index (χ0n) is 14.8. The Morgan fingerprint density at radius 3 is 2.08 bits per heavy atom. The van der Waals surface area contributed by atoms with E-state index in [1.165, 1.54) is 6.08 Å². The van der Waals surface area contributed by atoms with Gasteiger partial charge in [0.1, 0.15) is 0 Å². The largest absolute Gasteiger partial charge is 0.493 e. The molecular formula is C18H22N2O4. The van der Waals surface area contributed by atoms with Crippen LogP contribution in [-0.4, -0.2) is 36.9 Å². The van der Waals surface area contributed by atoms with Gasteiger partial charge in [-0.3, -0.25) is 9.48 Å². The molecule has 0 atom stereocenters. The second-order valence-electron chi connectivity index (χ2n) is 5.33. The molecule has 0 fully saturated rings. The van der Waals surface area contributed by atoms with Crippen molar-refractivity contribution in [2.45, 2.75) is 13.8 Å². The monoisotopic (exact) mass is 330 g/mol. The fourth-order valence-electron chi connectivity index (χ4n) is 2.58. The van der Waals surface area contributed by atoms with E-state index >= 15 is 0 Å². The normalized spacial score (nSPS) is 10.9. The Hall–Kier alpha value is -2.76. The van der Waals surface area contributed by atoms with Gasteiger partial charge >= 0.3 is 0 Å². The topological polar surface area (TPSA) is 62.6 Å². The van der Waals surface area contributed by atoms with Crippen molar-refractivity contribution in [3.63, 3.8) is 0 Å². The minimum absolute atomic E-state index is 0.0909. The Morgan fingerprint density at radius 2 is 1.67 bits per heavy atom. The third kappa shape index (κ3) is 3.27. The summed E-state index contributed by atoms with van der Waals surface area (Å²) in [6.45, 7) is 3.70. The van der Waals surface area contributed by atoms with Crippen LogP contribution in [0.3, 0.4) is 0 Å². The van der Waals surface area contributed by atoms with Gasteiger partial charge in [-0.1, -0.05) is 6.08 Å². The van der Waals surface area contributed by atoms with E-state index in [0.29, 0.717) is 22.8 Å². The lowest BCUT2D eigenvalue weighted by Gasteiger charge is -2.12. The van der Waals surface area contributed by atoms with Gasteiger partial charge in [0.15, 0.2) is 17.3 Å². The third-order valence-electron chi connectivity index (χ3n) is 3.87. The summed E-state index contributed by atoms with van der Waals surface area (Å²) in [5.74, 6) is 1.50. The van der Waals surface area contributed by atoms with Crippen molar-refractivity contribution in [3.8, 4) is 17.2 Å². The SMILES string of the molecule is COc1cc(C=CC(=O)c2c(C)nn(C)c2C)cc(OC)c1OC. The fraction of sp³-hybridized carbons (Fsp3) is 0.333. The van der Waals surface area contributed by atoms with Crippen molar-refractivity contribution in [2.24, 2.45) is 7.05 Å². The molecule has 0 unspecified atom stereocenters. The number of ether oxygens (including phenoxy) is 3. The van der Waals surface area contributed by atoms with Crippen molar-refractivity contribution in [3.05, 3.63) is 40.7 Å². The summed E-state index contributed by atoms with van der Waals surface area (Å²) in [7, 11) is 6.48. The van der Waals surface area contributed by atoms with Gasteiger partial charge in [0.25, 0.3) is 0 Å². The van der Waals surface area contributed by atoms with Crippen LogP contribution in [0.1, 0.15) is 27.3 Å². The molecule has 0 saturated heterocycles. The molecule has 0 bridgehead atoms. The molecule has 128 valence electrons. The maximum Gasteiger partial charge on any atom is 0.203 e. The summed E-state index contributed by atoms with van der Waals surface area (Å²) >= 11 is 0. The molecule has 24 heavy (non-hydrogen) atoms. The van der Waals surface area contributed by atoms with Crippen LogP contribution in [0.2, 0.25) is 0 Å². The first-order chi connectivity index (χ1) is 11.4.